The Balaban J connectivity index is 2.64. The Morgan fingerprint density at radius 2 is 1.96 bits per heavy atom. The molecule has 0 aromatic heterocycles. The van der Waals surface area contributed by atoms with Gasteiger partial charge in [-0.3, -0.25) is 4.90 Å². The lowest BCUT2D eigenvalue weighted by atomic mass is 10.2. The molecule has 1 unspecified atom stereocenters. The maximum absolute atomic E-state index is 12.2. The maximum atomic E-state index is 12.2. The van der Waals surface area contributed by atoms with Gasteiger partial charge in [0.1, 0.15) is 17.9 Å². The second-order valence-electron chi connectivity index (χ2n) is 6.13. The number of amides is 1. The number of aldehydes is 1. The molecule has 1 rings (SSSR count). The minimum absolute atomic E-state index is 0.103. The minimum atomic E-state index is -0.716. The number of ether oxygens (including phenoxy) is 2. The molecular formula is C18H25NO4. The first-order chi connectivity index (χ1) is 10.9. The number of hydrogen-bond donors (Lipinski definition) is 0. The van der Waals surface area contributed by atoms with Crippen LogP contribution in [-0.4, -0.2) is 42.1 Å². The van der Waals surface area contributed by atoms with Crippen molar-refractivity contribution >= 4 is 12.4 Å². The zero-order chi connectivity index (χ0) is 17.3. The Hall–Kier alpha value is -2.14. The first kappa shape index (κ1) is 18.9. The molecule has 0 fully saturated rings. The van der Waals surface area contributed by atoms with E-state index in [-0.39, 0.29) is 13.2 Å². The molecule has 126 valence electrons. The fourth-order valence-electron chi connectivity index (χ4n) is 1.88. The maximum Gasteiger partial charge on any atom is 0.411 e. The molecule has 0 N–H and O–H groups in total. The van der Waals surface area contributed by atoms with Crippen molar-refractivity contribution < 1.29 is 19.1 Å². The van der Waals surface area contributed by atoms with Crippen LogP contribution >= 0.6 is 0 Å². The van der Waals surface area contributed by atoms with Crippen molar-refractivity contribution in [3.63, 3.8) is 0 Å². The number of hydrogen-bond acceptors (Lipinski definition) is 4. The first-order valence-corrected chi connectivity index (χ1v) is 7.55. The molecule has 5 heteroatoms. The summed E-state index contributed by atoms with van der Waals surface area (Å²) >= 11 is 0. The van der Waals surface area contributed by atoms with E-state index in [1.807, 2.05) is 30.3 Å². The van der Waals surface area contributed by atoms with Crippen LogP contribution in [0.4, 0.5) is 4.79 Å². The van der Waals surface area contributed by atoms with Crippen LogP contribution < -0.4 is 0 Å². The third-order valence-corrected chi connectivity index (χ3v) is 2.91. The van der Waals surface area contributed by atoms with E-state index in [4.69, 9.17) is 9.47 Å². The topological polar surface area (TPSA) is 55.8 Å². The fraction of sp³-hybridized carbons (Fsp3) is 0.444. The predicted octanol–water partition coefficient (Wildman–Crippen LogP) is 3.19. The normalized spacial score (nSPS) is 12.3. The highest BCUT2D eigenvalue weighted by molar-refractivity contribution is 5.74. The van der Waals surface area contributed by atoms with Gasteiger partial charge in [-0.05, 0) is 26.3 Å². The van der Waals surface area contributed by atoms with E-state index in [0.29, 0.717) is 12.9 Å². The molecule has 0 radical (unpaired) electrons. The van der Waals surface area contributed by atoms with Crippen molar-refractivity contribution in [1.29, 1.82) is 0 Å². The standard InChI is InChI=1S/C18H25NO4/c1-5-11-19(17(21)23-18(2,3)4)16(12-20)14-22-13-15-9-7-6-8-10-15/h5-10,12,16H,1,11,13-14H2,2-4H3. The van der Waals surface area contributed by atoms with Gasteiger partial charge in [0.15, 0.2) is 0 Å². The lowest BCUT2D eigenvalue weighted by Crippen LogP contribution is -2.46. The summed E-state index contributed by atoms with van der Waals surface area (Å²) in [7, 11) is 0. The summed E-state index contributed by atoms with van der Waals surface area (Å²) in [4.78, 5) is 24.9. The average molecular weight is 319 g/mol. The van der Waals surface area contributed by atoms with Gasteiger partial charge in [0.2, 0.25) is 0 Å². The molecule has 0 aliphatic rings. The zero-order valence-electron chi connectivity index (χ0n) is 14.0. The molecule has 0 heterocycles. The average Bonchev–Trinajstić information content (AvgIpc) is 2.49. The number of benzene rings is 1. The van der Waals surface area contributed by atoms with Crippen LogP contribution in [0.2, 0.25) is 0 Å². The summed E-state index contributed by atoms with van der Waals surface area (Å²) in [5.41, 5.74) is 0.374. The van der Waals surface area contributed by atoms with Gasteiger partial charge in [-0.1, -0.05) is 36.4 Å². The van der Waals surface area contributed by atoms with Crippen LogP contribution in [0.1, 0.15) is 26.3 Å². The molecule has 1 atom stereocenters. The van der Waals surface area contributed by atoms with E-state index in [9.17, 15) is 9.59 Å². The molecule has 1 aromatic rings. The zero-order valence-corrected chi connectivity index (χ0v) is 14.0. The molecule has 23 heavy (non-hydrogen) atoms. The predicted molar refractivity (Wildman–Crippen MR) is 89.1 cm³/mol. The van der Waals surface area contributed by atoms with Crippen LogP contribution in [0.15, 0.2) is 43.0 Å². The SMILES string of the molecule is C=CCN(C(=O)OC(C)(C)C)C(C=O)COCc1ccccc1. The number of rotatable bonds is 8. The Kier molecular flexibility index (Phi) is 7.48. The highest BCUT2D eigenvalue weighted by atomic mass is 16.6. The Bertz CT molecular complexity index is 508. The highest BCUT2D eigenvalue weighted by Gasteiger charge is 2.27. The number of carbonyl (C=O) groups excluding carboxylic acids is 2. The molecule has 1 aromatic carbocycles. The summed E-state index contributed by atoms with van der Waals surface area (Å²) in [6.45, 7) is 9.64. The summed E-state index contributed by atoms with van der Waals surface area (Å²) in [5.74, 6) is 0. The third-order valence-electron chi connectivity index (χ3n) is 2.91. The lowest BCUT2D eigenvalue weighted by molar-refractivity contribution is -0.114. The van der Waals surface area contributed by atoms with Crippen molar-refractivity contribution in [3.05, 3.63) is 48.6 Å². The molecule has 0 aliphatic carbocycles. The number of nitrogens with zero attached hydrogens (tertiary/aromatic N) is 1. The molecule has 0 spiro atoms. The Morgan fingerprint density at radius 1 is 1.30 bits per heavy atom. The van der Waals surface area contributed by atoms with Crippen molar-refractivity contribution in [2.45, 2.75) is 39.0 Å². The summed E-state index contributed by atoms with van der Waals surface area (Å²) in [6, 6.07) is 8.91. The second kappa shape index (κ2) is 9.10. The van der Waals surface area contributed by atoms with Gasteiger partial charge in [-0.25, -0.2) is 4.79 Å². The van der Waals surface area contributed by atoms with Crippen LogP contribution in [0.25, 0.3) is 0 Å². The third kappa shape index (κ3) is 7.10. The van der Waals surface area contributed by atoms with Crippen molar-refractivity contribution in [1.82, 2.24) is 4.90 Å². The van der Waals surface area contributed by atoms with E-state index in [2.05, 4.69) is 6.58 Å². The van der Waals surface area contributed by atoms with Crippen molar-refractivity contribution in [2.24, 2.45) is 0 Å². The molecule has 1 amide bonds. The summed E-state index contributed by atoms with van der Waals surface area (Å²) in [6.07, 6.45) is 1.69. The first-order valence-electron chi connectivity index (χ1n) is 7.55. The molecule has 0 saturated heterocycles. The van der Waals surface area contributed by atoms with E-state index >= 15 is 0 Å². The largest absolute Gasteiger partial charge is 0.444 e. The van der Waals surface area contributed by atoms with Gasteiger partial charge in [-0.2, -0.15) is 0 Å². The van der Waals surface area contributed by atoms with Crippen LogP contribution in [0, 0.1) is 0 Å². The van der Waals surface area contributed by atoms with E-state index in [1.165, 1.54) is 4.90 Å². The van der Waals surface area contributed by atoms with Gasteiger partial charge in [0.25, 0.3) is 0 Å². The Morgan fingerprint density at radius 3 is 2.48 bits per heavy atom. The van der Waals surface area contributed by atoms with E-state index in [0.717, 1.165) is 5.56 Å². The number of carbonyl (C=O) groups is 2. The highest BCUT2D eigenvalue weighted by Crippen LogP contribution is 2.12. The van der Waals surface area contributed by atoms with Gasteiger partial charge >= 0.3 is 6.09 Å². The van der Waals surface area contributed by atoms with E-state index in [1.54, 1.807) is 26.8 Å². The van der Waals surface area contributed by atoms with Gasteiger partial charge in [0, 0.05) is 6.54 Å². The minimum Gasteiger partial charge on any atom is -0.444 e. The van der Waals surface area contributed by atoms with Crippen LogP contribution in [0.5, 0.6) is 0 Å². The summed E-state index contributed by atoms with van der Waals surface area (Å²) in [5, 5.41) is 0. The molecule has 0 saturated carbocycles. The van der Waals surface area contributed by atoms with Crippen LogP contribution in [-0.2, 0) is 20.9 Å². The monoisotopic (exact) mass is 319 g/mol. The van der Waals surface area contributed by atoms with Crippen molar-refractivity contribution in [3.8, 4) is 0 Å². The molecular weight excluding hydrogens is 294 g/mol. The summed E-state index contributed by atoms with van der Waals surface area (Å²) < 4.78 is 10.9. The van der Waals surface area contributed by atoms with Gasteiger partial charge < -0.3 is 14.3 Å². The quantitative estimate of drug-likeness (QED) is 0.545. The van der Waals surface area contributed by atoms with Crippen molar-refractivity contribution in [2.75, 3.05) is 13.2 Å². The Labute approximate surface area is 137 Å². The molecule has 5 nitrogen and oxygen atoms in total. The van der Waals surface area contributed by atoms with E-state index < -0.39 is 17.7 Å². The van der Waals surface area contributed by atoms with Crippen LogP contribution in [0.3, 0.4) is 0 Å². The second-order valence-corrected chi connectivity index (χ2v) is 6.13. The lowest BCUT2D eigenvalue weighted by Gasteiger charge is -2.30. The fourth-order valence-corrected chi connectivity index (χ4v) is 1.88. The molecule has 0 aliphatic heterocycles. The van der Waals surface area contributed by atoms with Gasteiger partial charge in [0.05, 0.1) is 13.2 Å². The smallest absolute Gasteiger partial charge is 0.411 e. The molecule has 0 bridgehead atoms. The van der Waals surface area contributed by atoms with Gasteiger partial charge in [-0.15, -0.1) is 6.58 Å².